The molecule has 1 aliphatic rings. The second-order valence-electron chi connectivity index (χ2n) is 7.65. The van der Waals surface area contributed by atoms with Crippen LogP contribution in [0.15, 0.2) is 47.4 Å². The minimum atomic E-state index is -3.87. The molecule has 4 amide bonds. The van der Waals surface area contributed by atoms with Gasteiger partial charge >= 0.3 is 6.03 Å². The smallest absolute Gasteiger partial charge is 0.325 e. The molecule has 0 bridgehead atoms. The van der Waals surface area contributed by atoms with Gasteiger partial charge in [-0.15, -0.1) is 0 Å². The number of sulfonamides is 1. The Morgan fingerprint density at radius 3 is 2.39 bits per heavy atom. The van der Waals surface area contributed by atoms with Crippen LogP contribution in [0.2, 0.25) is 0 Å². The Morgan fingerprint density at radius 1 is 1.18 bits per heavy atom. The van der Waals surface area contributed by atoms with E-state index >= 15 is 0 Å². The van der Waals surface area contributed by atoms with Gasteiger partial charge in [-0.3, -0.25) is 14.5 Å². The summed E-state index contributed by atoms with van der Waals surface area (Å²) < 4.78 is 44.4. The summed E-state index contributed by atoms with van der Waals surface area (Å²) in [6.45, 7) is 0.851. The molecule has 1 unspecified atom stereocenters. The quantitative estimate of drug-likeness (QED) is 0.581. The highest BCUT2D eigenvalue weighted by Gasteiger charge is 2.49. The molecule has 33 heavy (non-hydrogen) atoms. The maximum absolute atomic E-state index is 13.2. The van der Waals surface area contributed by atoms with Crippen LogP contribution in [-0.4, -0.2) is 63.2 Å². The summed E-state index contributed by atoms with van der Waals surface area (Å²) in [4.78, 5) is 38.5. The topological polar surface area (TPSA) is 125 Å². The fourth-order valence-corrected chi connectivity index (χ4v) is 4.39. The molecule has 12 heteroatoms. The monoisotopic (exact) mass is 478 g/mol. The van der Waals surface area contributed by atoms with Gasteiger partial charge in [-0.05, 0) is 42.8 Å². The van der Waals surface area contributed by atoms with Crippen molar-refractivity contribution in [3.8, 4) is 5.75 Å². The van der Waals surface area contributed by atoms with E-state index in [1.54, 1.807) is 0 Å². The van der Waals surface area contributed by atoms with Gasteiger partial charge in [-0.25, -0.2) is 21.9 Å². The first kappa shape index (κ1) is 24.1. The lowest BCUT2D eigenvalue weighted by Crippen LogP contribution is -2.42. The summed E-state index contributed by atoms with van der Waals surface area (Å²) in [5.41, 5.74) is -0.966. The molecule has 0 saturated carbocycles. The first-order valence-corrected chi connectivity index (χ1v) is 11.1. The van der Waals surface area contributed by atoms with Gasteiger partial charge in [0.15, 0.2) is 0 Å². The van der Waals surface area contributed by atoms with Crippen molar-refractivity contribution in [2.24, 2.45) is 0 Å². The summed E-state index contributed by atoms with van der Waals surface area (Å²) in [5, 5.41) is 5.01. The molecule has 1 aliphatic heterocycles. The van der Waals surface area contributed by atoms with Crippen molar-refractivity contribution in [1.29, 1.82) is 0 Å². The SMILES string of the molecule is COc1ccc(NC(=O)CN2C(=O)NC(C)(c3ccc(F)cc3)C2=O)cc1S(=O)(=O)N(C)C. The molecule has 2 N–H and O–H groups in total. The van der Waals surface area contributed by atoms with Crippen LogP contribution >= 0.6 is 0 Å². The van der Waals surface area contributed by atoms with Crippen molar-refractivity contribution in [3.05, 3.63) is 53.8 Å². The predicted molar refractivity (Wildman–Crippen MR) is 116 cm³/mol. The molecule has 1 atom stereocenters. The van der Waals surface area contributed by atoms with Gasteiger partial charge in [0.2, 0.25) is 15.9 Å². The summed E-state index contributed by atoms with van der Waals surface area (Å²) in [6, 6.07) is 8.33. The average Bonchev–Trinajstić information content (AvgIpc) is 2.97. The zero-order valence-corrected chi connectivity index (χ0v) is 19.2. The van der Waals surface area contributed by atoms with Gasteiger partial charge in [0.05, 0.1) is 7.11 Å². The van der Waals surface area contributed by atoms with E-state index in [2.05, 4.69) is 10.6 Å². The second-order valence-corrected chi connectivity index (χ2v) is 9.77. The lowest BCUT2D eigenvalue weighted by Gasteiger charge is -2.22. The van der Waals surface area contributed by atoms with Crippen molar-refractivity contribution in [2.45, 2.75) is 17.4 Å². The van der Waals surface area contributed by atoms with Crippen molar-refractivity contribution < 1.29 is 31.9 Å². The molecule has 1 heterocycles. The van der Waals surface area contributed by atoms with E-state index in [9.17, 15) is 27.2 Å². The van der Waals surface area contributed by atoms with E-state index in [4.69, 9.17) is 4.74 Å². The zero-order chi connectivity index (χ0) is 24.6. The molecule has 10 nitrogen and oxygen atoms in total. The first-order chi connectivity index (χ1) is 15.4. The molecule has 0 spiro atoms. The number of rotatable bonds is 7. The molecule has 1 fully saturated rings. The van der Waals surface area contributed by atoms with Crippen molar-refractivity contribution in [3.63, 3.8) is 0 Å². The van der Waals surface area contributed by atoms with E-state index < -0.39 is 45.8 Å². The fraction of sp³-hybridized carbons (Fsp3) is 0.286. The summed E-state index contributed by atoms with van der Waals surface area (Å²) >= 11 is 0. The average molecular weight is 479 g/mol. The molecule has 3 rings (SSSR count). The molecule has 2 aromatic carbocycles. The summed E-state index contributed by atoms with van der Waals surface area (Å²) in [6.07, 6.45) is 0. The number of halogens is 1. The molecule has 0 aliphatic carbocycles. The van der Waals surface area contributed by atoms with Gasteiger partial charge in [0, 0.05) is 19.8 Å². The number of urea groups is 1. The number of carbonyl (C=O) groups is 3. The number of hydrogen-bond acceptors (Lipinski definition) is 6. The van der Waals surface area contributed by atoms with Crippen LogP contribution in [0.4, 0.5) is 14.9 Å². The molecule has 2 aromatic rings. The van der Waals surface area contributed by atoms with E-state index in [0.29, 0.717) is 5.56 Å². The lowest BCUT2D eigenvalue weighted by atomic mass is 9.92. The van der Waals surface area contributed by atoms with Crippen LogP contribution in [0.3, 0.4) is 0 Å². The second kappa shape index (κ2) is 8.79. The summed E-state index contributed by atoms with van der Waals surface area (Å²) in [7, 11) is 0.166. The highest BCUT2D eigenvalue weighted by molar-refractivity contribution is 7.89. The van der Waals surface area contributed by atoms with Crippen LogP contribution in [0.1, 0.15) is 12.5 Å². The number of carbonyl (C=O) groups excluding carboxylic acids is 3. The number of anilines is 1. The van der Waals surface area contributed by atoms with Gasteiger partial charge in [0.1, 0.15) is 28.5 Å². The van der Waals surface area contributed by atoms with Gasteiger partial charge in [-0.1, -0.05) is 12.1 Å². The van der Waals surface area contributed by atoms with Crippen LogP contribution in [0.5, 0.6) is 5.75 Å². The van der Waals surface area contributed by atoms with E-state index in [1.807, 2.05) is 0 Å². The normalized spacial score (nSPS) is 18.4. The fourth-order valence-electron chi connectivity index (χ4n) is 3.32. The summed E-state index contributed by atoms with van der Waals surface area (Å²) in [5.74, 6) is -1.81. The third-order valence-corrected chi connectivity index (χ3v) is 7.04. The Labute approximate surface area is 190 Å². The number of benzene rings is 2. The van der Waals surface area contributed by atoms with E-state index in [0.717, 1.165) is 9.21 Å². The van der Waals surface area contributed by atoms with E-state index in [-0.39, 0.29) is 16.3 Å². The van der Waals surface area contributed by atoms with Crippen LogP contribution in [0.25, 0.3) is 0 Å². The van der Waals surface area contributed by atoms with Gasteiger partial charge in [0.25, 0.3) is 5.91 Å². The Morgan fingerprint density at radius 2 is 1.82 bits per heavy atom. The Bertz CT molecular complexity index is 1220. The molecule has 1 saturated heterocycles. The number of amides is 4. The predicted octanol–water partition coefficient (Wildman–Crippen LogP) is 1.49. The number of nitrogens with one attached hydrogen (secondary N) is 2. The van der Waals surface area contributed by atoms with Crippen molar-refractivity contribution in [2.75, 3.05) is 33.1 Å². The minimum absolute atomic E-state index is 0.0888. The van der Waals surface area contributed by atoms with Crippen LogP contribution in [-0.2, 0) is 25.2 Å². The Balaban J connectivity index is 1.79. The standard InChI is InChI=1S/C21H23FN4O6S/c1-21(13-5-7-14(22)8-6-13)19(28)26(20(29)24-21)12-18(27)23-15-9-10-16(32-4)17(11-15)33(30,31)25(2)3/h5-11H,12H2,1-4H3,(H,23,27)(H,24,29). The van der Waals surface area contributed by atoms with Crippen LogP contribution < -0.4 is 15.4 Å². The highest BCUT2D eigenvalue weighted by atomic mass is 32.2. The first-order valence-electron chi connectivity index (χ1n) is 9.70. The molecule has 0 radical (unpaired) electrons. The van der Waals surface area contributed by atoms with E-state index in [1.165, 1.54) is 70.6 Å². The number of methoxy groups -OCH3 is 1. The minimum Gasteiger partial charge on any atom is -0.495 e. The number of nitrogens with zero attached hydrogens (tertiary/aromatic N) is 2. The largest absolute Gasteiger partial charge is 0.495 e. The third kappa shape index (κ3) is 4.52. The maximum Gasteiger partial charge on any atom is 0.325 e. The Hall–Kier alpha value is -3.51. The molecule has 0 aromatic heterocycles. The van der Waals surface area contributed by atoms with Crippen molar-refractivity contribution in [1.82, 2.24) is 14.5 Å². The molecular weight excluding hydrogens is 455 g/mol. The molecule has 176 valence electrons. The third-order valence-electron chi connectivity index (χ3n) is 5.20. The molecular formula is C21H23FN4O6S. The highest BCUT2D eigenvalue weighted by Crippen LogP contribution is 2.30. The number of imide groups is 1. The Kier molecular flexibility index (Phi) is 6.43. The zero-order valence-electron chi connectivity index (χ0n) is 18.4. The lowest BCUT2D eigenvalue weighted by molar-refractivity contribution is -0.133. The van der Waals surface area contributed by atoms with Gasteiger partial charge in [-0.2, -0.15) is 0 Å². The maximum atomic E-state index is 13.2. The van der Waals surface area contributed by atoms with Gasteiger partial charge < -0.3 is 15.4 Å². The number of ether oxygens (including phenoxy) is 1. The van der Waals surface area contributed by atoms with Crippen molar-refractivity contribution >= 4 is 33.6 Å². The van der Waals surface area contributed by atoms with Crippen LogP contribution in [0, 0.1) is 5.82 Å². The number of hydrogen-bond donors (Lipinski definition) is 2.